The number of halogens is 3. The van der Waals surface area contributed by atoms with Crippen molar-refractivity contribution in [2.24, 2.45) is 0 Å². The maximum absolute atomic E-state index is 13.8. The molecule has 86 valence electrons. The molecule has 0 aliphatic heterocycles. The highest BCUT2D eigenvalue weighted by Gasteiger charge is 2.16. The van der Waals surface area contributed by atoms with Crippen LogP contribution in [0.3, 0.4) is 0 Å². The van der Waals surface area contributed by atoms with Gasteiger partial charge < -0.3 is 4.42 Å². The Balaban J connectivity index is 2.58. The summed E-state index contributed by atoms with van der Waals surface area (Å²) in [6, 6.07) is 6.42. The molecular weight excluding hydrogens is 246 g/mol. The van der Waals surface area contributed by atoms with Crippen LogP contribution in [-0.2, 0) is 0 Å². The van der Waals surface area contributed by atoms with E-state index in [0.29, 0.717) is 16.3 Å². The molecule has 17 heavy (non-hydrogen) atoms. The Morgan fingerprint density at radius 1 is 0.941 bits per heavy atom. The molecule has 0 fully saturated rings. The normalized spacial score (nSPS) is 11.5. The van der Waals surface area contributed by atoms with Crippen molar-refractivity contribution >= 4 is 33.5 Å². The monoisotopic (exact) mass is 252 g/mol. The van der Waals surface area contributed by atoms with Crippen molar-refractivity contribution in [3.63, 3.8) is 0 Å². The zero-order valence-electron chi connectivity index (χ0n) is 8.85. The molecule has 0 saturated carbocycles. The molecule has 1 heterocycles. The third kappa shape index (κ3) is 1.35. The summed E-state index contributed by atoms with van der Waals surface area (Å²) in [5.41, 5.74) is 0.529. The van der Waals surface area contributed by atoms with E-state index in [1.54, 1.807) is 25.1 Å². The fourth-order valence-electron chi connectivity index (χ4n) is 1.91. The molecule has 0 unspecified atom stereocenters. The van der Waals surface area contributed by atoms with Crippen molar-refractivity contribution in [1.29, 1.82) is 0 Å². The van der Waals surface area contributed by atoms with Crippen LogP contribution in [0.1, 0.15) is 5.56 Å². The number of furan rings is 1. The van der Waals surface area contributed by atoms with Gasteiger partial charge in [-0.2, -0.15) is 0 Å². The van der Waals surface area contributed by atoms with Crippen LogP contribution in [0, 0.1) is 18.6 Å². The molecular formula is C13H7ClF2O. The predicted octanol–water partition coefficient (Wildman–Crippen LogP) is 4.83. The lowest BCUT2D eigenvalue weighted by Gasteiger charge is -1.95. The highest BCUT2D eigenvalue weighted by atomic mass is 35.5. The highest BCUT2D eigenvalue weighted by Crippen LogP contribution is 2.35. The topological polar surface area (TPSA) is 13.1 Å². The number of rotatable bonds is 0. The van der Waals surface area contributed by atoms with E-state index in [2.05, 4.69) is 0 Å². The number of hydrogen-bond donors (Lipinski definition) is 0. The first-order valence-electron chi connectivity index (χ1n) is 5.05. The van der Waals surface area contributed by atoms with E-state index in [1.165, 1.54) is 6.07 Å². The zero-order valence-corrected chi connectivity index (χ0v) is 9.61. The van der Waals surface area contributed by atoms with E-state index in [0.717, 1.165) is 0 Å². The van der Waals surface area contributed by atoms with Gasteiger partial charge in [0.15, 0.2) is 22.8 Å². The number of fused-ring (bicyclic) bond motifs is 3. The molecule has 0 amide bonds. The third-order valence-electron chi connectivity index (χ3n) is 2.83. The molecule has 2 aromatic carbocycles. The van der Waals surface area contributed by atoms with Gasteiger partial charge in [-0.25, -0.2) is 8.78 Å². The minimum Gasteiger partial charge on any atom is -0.450 e. The summed E-state index contributed by atoms with van der Waals surface area (Å²) in [4.78, 5) is 0. The molecule has 0 aliphatic carbocycles. The summed E-state index contributed by atoms with van der Waals surface area (Å²) in [7, 11) is 0. The number of benzene rings is 2. The van der Waals surface area contributed by atoms with Gasteiger partial charge in [-0.05, 0) is 24.6 Å². The SMILES string of the molecule is Cc1ccc2c(oc3c(F)c(Cl)ccc32)c1F. The van der Waals surface area contributed by atoms with Crippen molar-refractivity contribution in [3.05, 3.63) is 46.5 Å². The zero-order chi connectivity index (χ0) is 12.2. The summed E-state index contributed by atoms with van der Waals surface area (Å²) in [6.45, 7) is 1.63. The molecule has 0 N–H and O–H groups in total. The molecule has 0 atom stereocenters. The van der Waals surface area contributed by atoms with Gasteiger partial charge in [0.25, 0.3) is 0 Å². The average molecular weight is 253 g/mol. The van der Waals surface area contributed by atoms with Crippen LogP contribution in [0.15, 0.2) is 28.7 Å². The van der Waals surface area contributed by atoms with Gasteiger partial charge in [-0.3, -0.25) is 0 Å². The lowest BCUT2D eigenvalue weighted by molar-refractivity contribution is 0.554. The van der Waals surface area contributed by atoms with Gasteiger partial charge in [-0.15, -0.1) is 0 Å². The molecule has 3 aromatic rings. The van der Waals surface area contributed by atoms with E-state index in [1.807, 2.05) is 0 Å². The van der Waals surface area contributed by atoms with Gasteiger partial charge in [0.1, 0.15) is 0 Å². The van der Waals surface area contributed by atoms with Gasteiger partial charge in [-0.1, -0.05) is 23.7 Å². The quantitative estimate of drug-likeness (QED) is 0.559. The smallest absolute Gasteiger partial charge is 0.184 e. The van der Waals surface area contributed by atoms with Crippen LogP contribution in [0.5, 0.6) is 0 Å². The van der Waals surface area contributed by atoms with Crippen LogP contribution in [0.4, 0.5) is 8.78 Å². The fraction of sp³-hybridized carbons (Fsp3) is 0.0769. The Hall–Kier alpha value is -1.61. The van der Waals surface area contributed by atoms with Gasteiger partial charge in [0.2, 0.25) is 0 Å². The molecule has 3 rings (SSSR count). The molecule has 0 saturated heterocycles. The Morgan fingerprint density at radius 2 is 1.53 bits per heavy atom. The standard InChI is InChI=1S/C13H7ClF2O/c1-6-2-3-7-8-4-5-9(14)11(16)13(8)17-12(7)10(6)15/h2-5H,1H3. The molecule has 1 aromatic heterocycles. The Labute approximate surface area is 101 Å². The first-order valence-corrected chi connectivity index (χ1v) is 5.42. The molecule has 0 radical (unpaired) electrons. The highest BCUT2D eigenvalue weighted by molar-refractivity contribution is 6.31. The first kappa shape index (κ1) is 10.5. The maximum atomic E-state index is 13.8. The average Bonchev–Trinajstić information content (AvgIpc) is 2.69. The van der Waals surface area contributed by atoms with Crippen molar-refractivity contribution in [2.75, 3.05) is 0 Å². The van der Waals surface area contributed by atoms with Crippen molar-refractivity contribution < 1.29 is 13.2 Å². The van der Waals surface area contributed by atoms with E-state index in [9.17, 15) is 8.78 Å². The minimum absolute atomic E-state index is 0.00278. The minimum atomic E-state index is -0.655. The predicted molar refractivity (Wildman–Crippen MR) is 63.4 cm³/mol. The number of aryl methyl sites for hydroxylation is 1. The van der Waals surface area contributed by atoms with Crippen molar-refractivity contribution in [1.82, 2.24) is 0 Å². The lowest BCUT2D eigenvalue weighted by atomic mass is 10.1. The molecule has 0 spiro atoms. The molecule has 1 nitrogen and oxygen atoms in total. The summed E-state index contributed by atoms with van der Waals surface area (Å²) in [5.74, 6) is -1.12. The van der Waals surface area contributed by atoms with E-state index < -0.39 is 11.6 Å². The van der Waals surface area contributed by atoms with Crippen LogP contribution in [0.2, 0.25) is 5.02 Å². The van der Waals surface area contributed by atoms with Crippen LogP contribution in [-0.4, -0.2) is 0 Å². The Kier molecular flexibility index (Phi) is 2.13. The summed E-state index contributed by atoms with van der Waals surface area (Å²) >= 11 is 5.66. The summed E-state index contributed by atoms with van der Waals surface area (Å²) in [6.07, 6.45) is 0. The van der Waals surface area contributed by atoms with E-state index in [-0.39, 0.29) is 16.2 Å². The second-order valence-corrected chi connectivity index (χ2v) is 4.32. The molecule has 0 aliphatic rings. The van der Waals surface area contributed by atoms with Crippen LogP contribution >= 0.6 is 11.6 Å². The molecule has 0 bridgehead atoms. The van der Waals surface area contributed by atoms with Gasteiger partial charge in [0, 0.05) is 10.8 Å². The van der Waals surface area contributed by atoms with Crippen LogP contribution in [0.25, 0.3) is 21.9 Å². The first-order chi connectivity index (χ1) is 8.09. The maximum Gasteiger partial charge on any atom is 0.184 e. The Bertz CT molecular complexity index is 684. The van der Waals surface area contributed by atoms with Crippen molar-refractivity contribution in [2.45, 2.75) is 6.92 Å². The van der Waals surface area contributed by atoms with Gasteiger partial charge >= 0.3 is 0 Å². The fourth-order valence-corrected chi connectivity index (χ4v) is 2.06. The Morgan fingerprint density at radius 3 is 2.24 bits per heavy atom. The van der Waals surface area contributed by atoms with Crippen molar-refractivity contribution in [3.8, 4) is 0 Å². The third-order valence-corrected chi connectivity index (χ3v) is 3.13. The lowest BCUT2D eigenvalue weighted by Crippen LogP contribution is -1.80. The molecule has 4 heteroatoms. The second kappa shape index (κ2) is 3.44. The van der Waals surface area contributed by atoms with E-state index >= 15 is 0 Å². The number of hydrogen-bond acceptors (Lipinski definition) is 1. The van der Waals surface area contributed by atoms with Crippen LogP contribution < -0.4 is 0 Å². The summed E-state index contributed by atoms with van der Waals surface area (Å²) in [5, 5.41) is 1.05. The van der Waals surface area contributed by atoms with E-state index in [4.69, 9.17) is 16.0 Å². The summed E-state index contributed by atoms with van der Waals surface area (Å²) < 4.78 is 32.8. The van der Waals surface area contributed by atoms with Gasteiger partial charge in [0.05, 0.1) is 5.02 Å². The second-order valence-electron chi connectivity index (χ2n) is 3.91. The largest absolute Gasteiger partial charge is 0.450 e.